The highest BCUT2D eigenvalue weighted by Crippen LogP contribution is 2.42. The summed E-state index contributed by atoms with van der Waals surface area (Å²) in [5, 5.41) is 8.93. The minimum atomic E-state index is -2.65. The van der Waals surface area contributed by atoms with Crippen LogP contribution >= 0.6 is 0 Å². The van der Waals surface area contributed by atoms with Gasteiger partial charge in [0.25, 0.3) is 0 Å². The van der Waals surface area contributed by atoms with E-state index in [1.54, 1.807) is 12.3 Å². The summed E-state index contributed by atoms with van der Waals surface area (Å²) in [7, 11) is 0. The molecule has 35 heavy (non-hydrogen) atoms. The van der Waals surface area contributed by atoms with Crippen molar-refractivity contribution >= 4 is 23.1 Å². The van der Waals surface area contributed by atoms with E-state index in [1.807, 2.05) is 18.2 Å². The molecule has 1 heterocycles. The lowest BCUT2D eigenvalue weighted by atomic mass is 9.86. The van der Waals surface area contributed by atoms with Crippen molar-refractivity contribution in [2.75, 3.05) is 10.9 Å². The average Bonchev–Trinajstić information content (AvgIpc) is 2.84. The molecule has 0 amide bonds. The van der Waals surface area contributed by atoms with Crippen LogP contribution in [0.25, 0.3) is 11.1 Å². The second kappa shape index (κ2) is 10.5. The number of hydrogen-bond donors (Lipinski definition) is 1. The Morgan fingerprint density at radius 1 is 1.26 bits per heavy atom. The Balaban J connectivity index is 1.68. The molecule has 184 valence electrons. The molecule has 7 nitrogen and oxygen atoms in total. The van der Waals surface area contributed by atoms with E-state index in [0.29, 0.717) is 36.3 Å². The van der Waals surface area contributed by atoms with Gasteiger partial charge in [0, 0.05) is 28.6 Å². The molecule has 2 atom stereocenters. The first-order valence-electron chi connectivity index (χ1n) is 11.4. The lowest BCUT2D eigenvalue weighted by Crippen LogP contribution is -2.33. The summed E-state index contributed by atoms with van der Waals surface area (Å²) in [6, 6.07) is 13.7. The van der Waals surface area contributed by atoms with Crippen LogP contribution in [0.1, 0.15) is 55.3 Å². The fraction of sp³-hybridized carbons (Fsp3) is 0.308. The summed E-state index contributed by atoms with van der Waals surface area (Å²) in [4.78, 5) is 15.4. The van der Waals surface area contributed by atoms with Gasteiger partial charge in [0.2, 0.25) is 0 Å². The number of aliphatic carboxylic acids is 1. The van der Waals surface area contributed by atoms with Crippen molar-refractivity contribution < 1.29 is 27.8 Å². The Morgan fingerprint density at radius 3 is 2.71 bits per heavy atom. The number of carboxylic acid groups (broad SMARTS) is 1. The number of pyridine rings is 1. The zero-order valence-corrected chi connectivity index (χ0v) is 20.3. The number of aromatic nitrogens is 1. The Bertz CT molecular complexity index is 1250. The number of carboxylic acids is 1. The van der Waals surface area contributed by atoms with Gasteiger partial charge >= 0.3 is 5.97 Å². The van der Waals surface area contributed by atoms with Crippen LogP contribution in [0.5, 0.6) is 5.75 Å². The van der Waals surface area contributed by atoms with Crippen molar-refractivity contribution in [1.29, 1.82) is 0 Å². The molecule has 0 bridgehead atoms. The van der Waals surface area contributed by atoms with E-state index >= 15 is 0 Å². The number of anilines is 1. The molecule has 4 rings (SSSR count). The second-order valence-electron chi connectivity index (χ2n) is 8.76. The largest absolute Gasteiger partial charge is 0.755 e. The maximum Gasteiger partial charge on any atom is 0.341 e. The summed E-state index contributed by atoms with van der Waals surface area (Å²) < 4.78 is 45.6. The quantitative estimate of drug-likeness (QED) is 0.432. The van der Waals surface area contributed by atoms with Crippen molar-refractivity contribution in [2.45, 2.75) is 45.1 Å². The van der Waals surface area contributed by atoms with Crippen LogP contribution in [0.4, 0.5) is 10.2 Å². The minimum Gasteiger partial charge on any atom is -0.755 e. The molecule has 0 spiro atoms. The molecule has 9 heteroatoms. The molecule has 1 aliphatic carbocycles. The molecule has 1 aromatic heterocycles. The number of carbonyl (C=O) groups is 1. The maximum atomic E-state index is 14.5. The van der Waals surface area contributed by atoms with E-state index in [9.17, 15) is 17.9 Å². The zero-order valence-electron chi connectivity index (χ0n) is 19.4. The molecule has 2 aromatic carbocycles. The number of benzene rings is 2. The maximum absolute atomic E-state index is 14.5. The Morgan fingerprint density at radius 2 is 2.06 bits per heavy atom. The summed E-state index contributed by atoms with van der Waals surface area (Å²) in [6.45, 7) is 3.55. The number of fused-ring (bicyclic) bond motifs is 1. The lowest BCUT2D eigenvalue weighted by molar-refractivity contribution is -0.139. The third kappa shape index (κ3) is 5.36. The molecule has 0 radical (unpaired) electrons. The summed E-state index contributed by atoms with van der Waals surface area (Å²) in [6.07, 6.45) is 3.18. The number of nitrogens with zero attached hydrogens (tertiary/aromatic N) is 2. The van der Waals surface area contributed by atoms with Gasteiger partial charge in [0.1, 0.15) is 5.82 Å². The van der Waals surface area contributed by atoms with Crippen molar-refractivity contribution in [3.63, 3.8) is 0 Å². The Hall–Kier alpha value is -3.30. The molecule has 2 unspecified atom stereocenters. The SMILES string of the molecule is CC(C)c1cccc(-c2ccc(N(C3CCCc4c3ccc(F)c4OCC(=O)O)S(=O)[O-])nc2)c1. The van der Waals surface area contributed by atoms with Crippen LogP contribution in [-0.2, 0) is 22.5 Å². The van der Waals surface area contributed by atoms with Crippen LogP contribution < -0.4 is 9.04 Å². The lowest BCUT2D eigenvalue weighted by Gasteiger charge is -2.37. The van der Waals surface area contributed by atoms with E-state index in [-0.39, 0.29) is 11.6 Å². The Kier molecular flexibility index (Phi) is 7.47. The fourth-order valence-electron chi connectivity index (χ4n) is 4.45. The van der Waals surface area contributed by atoms with Gasteiger partial charge in [-0.3, -0.25) is 8.51 Å². The van der Waals surface area contributed by atoms with Crippen LogP contribution in [0, 0.1) is 5.82 Å². The van der Waals surface area contributed by atoms with Gasteiger partial charge in [-0.25, -0.2) is 14.2 Å². The summed E-state index contributed by atoms with van der Waals surface area (Å²) in [5.41, 5.74) is 4.12. The van der Waals surface area contributed by atoms with E-state index in [0.717, 1.165) is 11.1 Å². The normalized spacial score (nSPS) is 16.0. The van der Waals surface area contributed by atoms with Gasteiger partial charge < -0.3 is 14.4 Å². The van der Waals surface area contributed by atoms with Crippen molar-refractivity contribution in [3.8, 4) is 16.9 Å². The predicted octanol–water partition coefficient (Wildman–Crippen LogP) is 5.15. The highest BCUT2D eigenvalue weighted by Gasteiger charge is 2.31. The van der Waals surface area contributed by atoms with Crippen molar-refractivity contribution in [3.05, 3.63) is 77.2 Å². The topological polar surface area (TPSA) is 103 Å². The Labute approximate surface area is 206 Å². The van der Waals surface area contributed by atoms with Gasteiger partial charge in [0.05, 0.1) is 6.04 Å². The summed E-state index contributed by atoms with van der Waals surface area (Å²) >= 11 is -2.65. The van der Waals surface area contributed by atoms with E-state index in [2.05, 4.69) is 31.0 Å². The fourth-order valence-corrected chi connectivity index (χ4v) is 5.14. The average molecular weight is 498 g/mol. The minimum absolute atomic E-state index is 0.139. The van der Waals surface area contributed by atoms with Crippen molar-refractivity contribution in [1.82, 2.24) is 4.98 Å². The predicted molar refractivity (Wildman–Crippen MR) is 130 cm³/mol. The second-order valence-corrected chi connectivity index (χ2v) is 9.59. The van der Waals surface area contributed by atoms with Crippen LogP contribution in [0.15, 0.2) is 54.7 Å². The summed E-state index contributed by atoms with van der Waals surface area (Å²) in [5.74, 6) is -1.41. The van der Waals surface area contributed by atoms with Gasteiger partial charge in [0.15, 0.2) is 18.2 Å². The molecule has 3 aromatic rings. The van der Waals surface area contributed by atoms with Crippen LogP contribution in [0.3, 0.4) is 0 Å². The van der Waals surface area contributed by atoms with Gasteiger partial charge in [-0.1, -0.05) is 44.2 Å². The van der Waals surface area contributed by atoms with E-state index in [4.69, 9.17) is 9.84 Å². The molecular weight excluding hydrogens is 471 g/mol. The highest BCUT2D eigenvalue weighted by molar-refractivity contribution is 7.80. The first-order chi connectivity index (χ1) is 16.8. The molecular formula is C26H26FN2O5S-. The molecule has 0 aliphatic heterocycles. The van der Waals surface area contributed by atoms with Gasteiger partial charge in [-0.05, 0) is 60.1 Å². The zero-order chi connectivity index (χ0) is 25.1. The van der Waals surface area contributed by atoms with E-state index < -0.39 is 35.7 Å². The number of ether oxygens (including phenoxy) is 1. The first-order valence-corrected chi connectivity index (χ1v) is 12.4. The monoisotopic (exact) mass is 497 g/mol. The standard InChI is InChI=1S/C26H27FN2O5S/c1-16(2)17-5-3-6-18(13-17)19-9-12-24(28-14-19)29(35(32)33)23-8-4-7-21-20(23)10-11-22(27)26(21)34-15-25(30)31/h3,5-6,9-14,16,23H,4,7-8,15H2,1-2H3,(H,30,31)(H,32,33)/p-1. The third-order valence-corrected chi connectivity index (χ3v) is 6.92. The molecule has 0 fully saturated rings. The van der Waals surface area contributed by atoms with Crippen LogP contribution in [0.2, 0.25) is 0 Å². The van der Waals surface area contributed by atoms with Gasteiger partial charge in [-0.15, -0.1) is 0 Å². The van der Waals surface area contributed by atoms with Gasteiger partial charge in [-0.2, -0.15) is 0 Å². The molecule has 1 N–H and O–H groups in total. The molecule has 1 aliphatic rings. The number of rotatable bonds is 8. The highest BCUT2D eigenvalue weighted by atomic mass is 32.2. The van der Waals surface area contributed by atoms with Crippen molar-refractivity contribution in [2.24, 2.45) is 0 Å². The van der Waals surface area contributed by atoms with Crippen LogP contribution in [-0.4, -0.2) is 31.4 Å². The molecule has 0 saturated carbocycles. The smallest absolute Gasteiger partial charge is 0.341 e. The molecule has 0 saturated heterocycles. The number of hydrogen-bond acceptors (Lipinski definition) is 5. The third-order valence-electron chi connectivity index (χ3n) is 6.16. The number of halogens is 1. The van der Waals surface area contributed by atoms with E-state index in [1.165, 1.54) is 22.0 Å². The first kappa shape index (κ1) is 24.8.